The Morgan fingerprint density at radius 2 is 2.10 bits per heavy atom. The van der Waals surface area contributed by atoms with Crippen molar-refractivity contribution < 1.29 is 19.1 Å². The maximum Gasteiger partial charge on any atom is 0.337 e. The molecule has 4 N–H and O–H groups in total. The minimum atomic E-state index is -1.12. The molecule has 1 aromatic carbocycles. The number of rotatable bonds is 4. The van der Waals surface area contributed by atoms with Crippen molar-refractivity contribution >= 4 is 29.8 Å². The van der Waals surface area contributed by atoms with Crippen molar-refractivity contribution in [2.75, 3.05) is 0 Å². The number of halogens is 1. The highest BCUT2D eigenvalue weighted by Crippen LogP contribution is 2.26. The van der Waals surface area contributed by atoms with E-state index >= 15 is 0 Å². The standard InChI is InChI=1S/C13H10ClN3O4/c14-10-3-1-7(5-9(10)12(18)19)11-4-2-8(21-11)6-16-17-13(15)20/h1-6H,(H,18,19)(H3,15,17,20)/b16-6-. The van der Waals surface area contributed by atoms with E-state index in [9.17, 15) is 9.59 Å². The van der Waals surface area contributed by atoms with Gasteiger partial charge in [0.25, 0.3) is 0 Å². The molecule has 0 saturated heterocycles. The van der Waals surface area contributed by atoms with Crippen LogP contribution in [-0.4, -0.2) is 23.3 Å². The molecule has 0 bridgehead atoms. The van der Waals surface area contributed by atoms with E-state index in [4.69, 9.17) is 26.9 Å². The van der Waals surface area contributed by atoms with Crippen LogP contribution >= 0.6 is 11.6 Å². The Bertz CT molecular complexity index is 724. The van der Waals surface area contributed by atoms with Gasteiger partial charge in [0, 0.05) is 5.56 Å². The average molecular weight is 308 g/mol. The van der Waals surface area contributed by atoms with Gasteiger partial charge >= 0.3 is 12.0 Å². The number of nitrogens with two attached hydrogens (primary N) is 1. The number of furan rings is 1. The fourth-order valence-corrected chi connectivity index (χ4v) is 1.78. The first-order valence-electron chi connectivity index (χ1n) is 5.69. The van der Waals surface area contributed by atoms with E-state index in [-0.39, 0.29) is 10.6 Å². The van der Waals surface area contributed by atoms with Gasteiger partial charge < -0.3 is 15.3 Å². The summed E-state index contributed by atoms with van der Waals surface area (Å²) in [5.74, 6) is -0.318. The summed E-state index contributed by atoms with van der Waals surface area (Å²) in [5, 5.41) is 12.7. The number of aromatic carboxylic acids is 1. The molecule has 0 radical (unpaired) electrons. The van der Waals surface area contributed by atoms with Crippen molar-refractivity contribution in [2.45, 2.75) is 0 Å². The maximum absolute atomic E-state index is 11.0. The monoisotopic (exact) mass is 307 g/mol. The Kier molecular flexibility index (Phi) is 4.24. The number of hydrogen-bond donors (Lipinski definition) is 3. The summed E-state index contributed by atoms with van der Waals surface area (Å²) >= 11 is 5.80. The van der Waals surface area contributed by atoms with Crippen LogP contribution in [0.3, 0.4) is 0 Å². The molecule has 21 heavy (non-hydrogen) atoms. The molecule has 2 aromatic rings. The lowest BCUT2D eigenvalue weighted by Crippen LogP contribution is -2.24. The number of amides is 2. The van der Waals surface area contributed by atoms with Crippen LogP contribution in [-0.2, 0) is 0 Å². The summed E-state index contributed by atoms with van der Waals surface area (Å²) in [6, 6.07) is 6.98. The smallest absolute Gasteiger partial charge is 0.337 e. The first kappa shape index (κ1) is 14.6. The Balaban J connectivity index is 2.25. The van der Waals surface area contributed by atoms with Gasteiger partial charge in [-0.2, -0.15) is 5.10 Å². The summed E-state index contributed by atoms with van der Waals surface area (Å²) in [7, 11) is 0. The molecule has 0 aliphatic carbocycles. The average Bonchev–Trinajstić information content (AvgIpc) is 2.87. The quantitative estimate of drug-likeness (QED) is 0.593. The van der Waals surface area contributed by atoms with E-state index in [0.717, 1.165) is 0 Å². The molecule has 0 aliphatic rings. The van der Waals surface area contributed by atoms with Crippen LogP contribution in [0.15, 0.2) is 39.9 Å². The van der Waals surface area contributed by atoms with Crippen molar-refractivity contribution in [2.24, 2.45) is 10.8 Å². The number of benzene rings is 1. The molecule has 1 heterocycles. The van der Waals surface area contributed by atoms with Crippen molar-refractivity contribution in [3.8, 4) is 11.3 Å². The minimum absolute atomic E-state index is 0.0174. The lowest BCUT2D eigenvalue weighted by atomic mass is 10.1. The topological polar surface area (TPSA) is 118 Å². The van der Waals surface area contributed by atoms with Gasteiger partial charge in [-0.3, -0.25) is 0 Å². The predicted molar refractivity (Wildman–Crippen MR) is 76.4 cm³/mol. The number of nitrogens with one attached hydrogen (secondary N) is 1. The molecule has 0 atom stereocenters. The van der Waals surface area contributed by atoms with Gasteiger partial charge in [0.1, 0.15) is 11.5 Å². The summed E-state index contributed by atoms with van der Waals surface area (Å²) in [6.45, 7) is 0. The molecular weight excluding hydrogens is 298 g/mol. The van der Waals surface area contributed by atoms with E-state index < -0.39 is 12.0 Å². The highest BCUT2D eigenvalue weighted by Gasteiger charge is 2.12. The molecule has 0 spiro atoms. The van der Waals surface area contributed by atoms with Gasteiger partial charge in [-0.15, -0.1) is 0 Å². The van der Waals surface area contributed by atoms with Gasteiger partial charge in [-0.25, -0.2) is 15.0 Å². The number of primary amides is 1. The zero-order chi connectivity index (χ0) is 15.4. The number of hydrogen-bond acceptors (Lipinski definition) is 4. The van der Waals surface area contributed by atoms with Crippen LogP contribution in [0.2, 0.25) is 5.02 Å². The van der Waals surface area contributed by atoms with E-state index in [1.807, 2.05) is 5.43 Å². The summed E-state index contributed by atoms with van der Waals surface area (Å²) < 4.78 is 5.45. The number of carboxylic acid groups (broad SMARTS) is 1. The van der Waals surface area contributed by atoms with Crippen LogP contribution < -0.4 is 11.2 Å². The molecule has 0 fully saturated rings. The molecule has 2 amide bonds. The second-order valence-corrected chi connectivity index (χ2v) is 4.34. The van der Waals surface area contributed by atoms with Gasteiger partial charge in [0.05, 0.1) is 16.8 Å². The van der Waals surface area contributed by atoms with Crippen molar-refractivity contribution in [3.05, 3.63) is 46.7 Å². The molecule has 108 valence electrons. The second-order valence-electron chi connectivity index (χ2n) is 3.94. The lowest BCUT2D eigenvalue weighted by Gasteiger charge is -2.01. The van der Waals surface area contributed by atoms with Crippen LogP contribution in [0.5, 0.6) is 0 Å². The van der Waals surface area contributed by atoms with Crippen LogP contribution in [0, 0.1) is 0 Å². The molecule has 2 rings (SSSR count). The second kappa shape index (κ2) is 6.10. The van der Waals surface area contributed by atoms with Gasteiger partial charge in [-0.1, -0.05) is 11.6 Å². The van der Waals surface area contributed by atoms with Crippen LogP contribution in [0.25, 0.3) is 11.3 Å². The Morgan fingerprint density at radius 3 is 2.76 bits per heavy atom. The number of urea groups is 1. The largest absolute Gasteiger partial charge is 0.478 e. The van der Waals surface area contributed by atoms with Crippen molar-refractivity contribution in [1.29, 1.82) is 0 Å². The van der Waals surface area contributed by atoms with Crippen LogP contribution in [0.4, 0.5) is 4.79 Å². The van der Waals surface area contributed by atoms with E-state index in [2.05, 4.69) is 5.10 Å². The van der Waals surface area contributed by atoms with E-state index in [1.54, 1.807) is 18.2 Å². The fourth-order valence-electron chi connectivity index (χ4n) is 1.58. The Morgan fingerprint density at radius 1 is 1.33 bits per heavy atom. The van der Waals surface area contributed by atoms with Crippen molar-refractivity contribution in [1.82, 2.24) is 5.43 Å². The molecule has 1 aromatic heterocycles. The number of carbonyl (C=O) groups excluding carboxylic acids is 1. The highest BCUT2D eigenvalue weighted by atomic mass is 35.5. The third-order valence-corrected chi connectivity index (χ3v) is 2.80. The summed E-state index contributed by atoms with van der Waals surface area (Å²) in [6.07, 6.45) is 1.27. The number of carboxylic acids is 1. The van der Waals surface area contributed by atoms with Gasteiger partial charge in [0.2, 0.25) is 0 Å². The Labute approximate surface area is 124 Å². The summed E-state index contributed by atoms with van der Waals surface area (Å²) in [4.78, 5) is 21.5. The molecule has 7 nitrogen and oxygen atoms in total. The third-order valence-electron chi connectivity index (χ3n) is 2.47. The minimum Gasteiger partial charge on any atom is -0.478 e. The molecule has 0 aliphatic heterocycles. The first-order chi connectivity index (χ1) is 9.97. The normalized spacial score (nSPS) is 10.7. The van der Waals surface area contributed by atoms with Gasteiger partial charge in [-0.05, 0) is 30.3 Å². The lowest BCUT2D eigenvalue weighted by molar-refractivity contribution is 0.0697. The highest BCUT2D eigenvalue weighted by molar-refractivity contribution is 6.33. The summed E-state index contributed by atoms with van der Waals surface area (Å²) in [5.41, 5.74) is 7.41. The van der Waals surface area contributed by atoms with Crippen LogP contribution in [0.1, 0.15) is 16.1 Å². The number of nitrogens with zero attached hydrogens (tertiary/aromatic N) is 1. The maximum atomic E-state index is 11.0. The number of hydrazone groups is 1. The molecule has 0 unspecified atom stereocenters. The Hall–Kier alpha value is -2.80. The first-order valence-corrected chi connectivity index (χ1v) is 6.06. The van der Waals surface area contributed by atoms with Gasteiger partial charge in [0.15, 0.2) is 0 Å². The molecular formula is C13H10ClN3O4. The molecule has 8 heteroatoms. The third kappa shape index (κ3) is 3.61. The zero-order valence-electron chi connectivity index (χ0n) is 10.5. The number of carbonyl (C=O) groups is 2. The predicted octanol–water partition coefficient (Wildman–Crippen LogP) is 2.30. The van der Waals surface area contributed by atoms with E-state index in [1.165, 1.54) is 18.3 Å². The SMILES string of the molecule is NC(=O)N/N=C\c1ccc(-c2ccc(Cl)c(C(=O)O)c2)o1. The van der Waals surface area contributed by atoms with E-state index in [0.29, 0.717) is 17.1 Å². The molecule has 0 saturated carbocycles. The zero-order valence-corrected chi connectivity index (χ0v) is 11.3. The van der Waals surface area contributed by atoms with Crippen molar-refractivity contribution in [3.63, 3.8) is 0 Å². The fraction of sp³-hybridized carbons (Fsp3) is 0.